The Bertz CT molecular complexity index is 180. The molecule has 0 spiro atoms. The number of hydrogen-bond donors (Lipinski definition) is 0. The molecule has 3 heteroatoms. The van der Waals surface area contributed by atoms with Crippen molar-refractivity contribution < 1.29 is 14.3 Å². The molecule has 17 heavy (non-hydrogen) atoms. The summed E-state index contributed by atoms with van der Waals surface area (Å²) in [4.78, 5) is 11.0. The highest BCUT2D eigenvalue weighted by Crippen LogP contribution is 2.07. The maximum absolute atomic E-state index is 11.0. The van der Waals surface area contributed by atoms with E-state index in [9.17, 15) is 4.79 Å². The number of esters is 1. The summed E-state index contributed by atoms with van der Waals surface area (Å²) in [5.41, 5.74) is 0. The summed E-state index contributed by atoms with van der Waals surface area (Å²) in [6.45, 7) is 7.45. The van der Waals surface area contributed by atoms with E-state index in [1.54, 1.807) is 0 Å². The molecular formula is C14H28O3. The average molecular weight is 244 g/mol. The fourth-order valence-electron chi connectivity index (χ4n) is 1.54. The highest BCUT2D eigenvalue weighted by atomic mass is 16.5. The molecule has 0 bridgehead atoms. The van der Waals surface area contributed by atoms with Crippen LogP contribution in [-0.4, -0.2) is 25.3 Å². The quantitative estimate of drug-likeness (QED) is 0.410. The molecule has 0 aromatic heterocycles. The Morgan fingerprint density at radius 1 is 1.06 bits per heavy atom. The molecule has 0 aromatic rings. The highest BCUT2D eigenvalue weighted by molar-refractivity contribution is 5.69. The topological polar surface area (TPSA) is 35.5 Å². The van der Waals surface area contributed by atoms with Crippen LogP contribution in [0.5, 0.6) is 0 Å². The van der Waals surface area contributed by atoms with Crippen molar-refractivity contribution in [3.05, 3.63) is 0 Å². The number of rotatable bonds is 11. The van der Waals surface area contributed by atoms with Crippen molar-refractivity contribution in [1.29, 1.82) is 0 Å². The Morgan fingerprint density at radius 3 is 2.35 bits per heavy atom. The summed E-state index contributed by atoms with van der Waals surface area (Å²) in [6.07, 6.45) is 7.61. The summed E-state index contributed by atoms with van der Waals surface area (Å²) in [5, 5.41) is 0. The monoisotopic (exact) mass is 244 g/mol. The Kier molecular flexibility index (Phi) is 11.5. The van der Waals surface area contributed by atoms with Crippen molar-refractivity contribution in [1.82, 2.24) is 0 Å². The van der Waals surface area contributed by atoms with Crippen molar-refractivity contribution in [2.24, 2.45) is 0 Å². The maximum atomic E-state index is 11.0. The molecule has 0 heterocycles. The van der Waals surface area contributed by atoms with E-state index in [-0.39, 0.29) is 5.97 Å². The Balaban J connectivity index is 3.11. The minimum atomic E-state index is -0.0624. The lowest BCUT2D eigenvalue weighted by molar-refractivity contribution is -0.143. The first kappa shape index (κ1) is 16.4. The van der Waals surface area contributed by atoms with Crippen molar-refractivity contribution >= 4 is 5.97 Å². The third-order valence-electron chi connectivity index (χ3n) is 2.81. The molecule has 102 valence electrons. The molecule has 0 aliphatic rings. The standard InChI is InChI=1S/C14H28O3/c1-4-13(3)17-12-10-8-6-7-9-11-14(15)16-5-2/h13H,4-12H2,1-3H3. The van der Waals surface area contributed by atoms with Crippen molar-refractivity contribution in [2.75, 3.05) is 13.2 Å². The summed E-state index contributed by atoms with van der Waals surface area (Å²) < 4.78 is 10.5. The van der Waals surface area contributed by atoms with Gasteiger partial charge in [-0.25, -0.2) is 0 Å². The van der Waals surface area contributed by atoms with Crippen molar-refractivity contribution in [3.8, 4) is 0 Å². The lowest BCUT2D eigenvalue weighted by Gasteiger charge is -2.09. The summed E-state index contributed by atoms with van der Waals surface area (Å²) in [5.74, 6) is -0.0624. The Hall–Kier alpha value is -0.570. The molecule has 3 nitrogen and oxygen atoms in total. The SMILES string of the molecule is CCOC(=O)CCCCCCCOC(C)CC. The van der Waals surface area contributed by atoms with Crippen LogP contribution in [0.4, 0.5) is 0 Å². The van der Waals surface area contributed by atoms with E-state index in [0.29, 0.717) is 19.1 Å². The van der Waals surface area contributed by atoms with Gasteiger partial charge in [0.15, 0.2) is 0 Å². The van der Waals surface area contributed by atoms with Crippen LogP contribution < -0.4 is 0 Å². The van der Waals surface area contributed by atoms with E-state index in [2.05, 4.69) is 13.8 Å². The van der Waals surface area contributed by atoms with Crippen LogP contribution in [0.2, 0.25) is 0 Å². The van der Waals surface area contributed by atoms with Crippen LogP contribution >= 0.6 is 0 Å². The molecule has 0 aliphatic carbocycles. The number of ether oxygens (including phenoxy) is 2. The molecule has 0 saturated carbocycles. The smallest absolute Gasteiger partial charge is 0.305 e. The number of hydrogen-bond acceptors (Lipinski definition) is 3. The summed E-state index contributed by atoms with van der Waals surface area (Å²) >= 11 is 0. The zero-order valence-corrected chi connectivity index (χ0v) is 11.7. The number of carbonyl (C=O) groups excluding carboxylic acids is 1. The largest absolute Gasteiger partial charge is 0.466 e. The molecule has 0 rings (SSSR count). The van der Waals surface area contributed by atoms with E-state index in [4.69, 9.17) is 9.47 Å². The second-order valence-electron chi connectivity index (χ2n) is 4.41. The molecule has 0 aliphatic heterocycles. The second-order valence-corrected chi connectivity index (χ2v) is 4.41. The van der Waals surface area contributed by atoms with Crippen LogP contribution in [0.15, 0.2) is 0 Å². The molecule has 0 N–H and O–H groups in total. The predicted molar refractivity (Wildman–Crippen MR) is 70.0 cm³/mol. The molecule has 0 amide bonds. The first-order valence-electron chi connectivity index (χ1n) is 6.97. The third-order valence-corrected chi connectivity index (χ3v) is 2.81. The number of unbranched alkanes of at least 4 members (excludes halogenated alkanes) is 4. The molecule has 1 atom stereocenters. The van der Waals surface area contributed by atoms with Gasteiger partial charge in [0.25, 0.3) is 0 Å². The minimum Gasteiger partial charge on any atom is -0.466 e. The van der Waals surface area contributed by atoms with Gasteiger partial charge in [0.05, 0.1) is 12.7 Å². The average Bonchev–Trinajstić information content (AvgIpc) is 2.32. The van der Waals surface area contributed by atoms with Crippen molar-refractivity contribution in [2.45, 2.75) is 71.8 Å². The number of carbonyl (C=O) groups is 1. The molecule has 0 radical (unpaired) electrons. The summed E-state index contributed by atoms with van der Waals surface area (Å²) in [7, 11) is 0. The lowest BCUT2D eigenvalue weighted by Crippen LogP contribution is -2.07. The van der Waals surface area contributed by atoms with E-state index in [0.717, 1.165) is 32.3 Å². The van der Waals surface area contributed by atoms with Gasteiger partial charge in [-0.3, -0.25) is 4.79 Å². The normalized spacial score (nSPS) is 12.4. The molecule has 0 fully saturated rings. The summed E-state index contributed by atoms with van der Waals surface area (Å²) in [6, 6.07) is 0. The van der Waals surface area contributed by atoms with Gasteiger partial charge in [-0.2, -0.15) is 0 Å². The highest BCUT2D eigenvalue weighted by Gasteiger charge is 2.01. The molecule has 0 aromatic carbocycles. The van der Waals surface area contributed by atoms with E-state index < -0.39 is 0 Å². The molecule has 1 unspecified atom stereocenters. The van der Waals surface area contributed by atoms with E-state index in [1.165, 1.54) is 12.8 Å². The first-order valence-corrected chi connectivity index (χ1v) is 6.97. The fraction of sp³-hybridized carbons (Fsp3) is 0.929. The minimum absolute atomic E-state index is 0.0624. The van der Waals surface area contributed by atoms with Crippen LogP contribution in [0.1, 0.15) is 65.7 Å². The second kappa shape index (κ2) is 11.9. The fourth-order valence-corrected chi connectivity index (χ4v) is 1.54. The van der Waals surface area contributed by atoms with Gasteiger partial charge >= 0.3 is 5.97 Å². The molecule has 0 saturated heterocycles. The zero-order valence-electron chi connectivity index (χ0n) is 11.7. The Labute approximate surface area is 106 Å². The van der Waals surface area contributed by atoms with E-state index >= 15 is 0 Å². The van der Waals surface area contributed by atoms with Gasteiger partial charge in [0, 0.05) is 13.0 Å². The van der Waals surface area contributed by atoms with Gasteiger partial charge < -0.3 is 9.47 Å². The van der Waals surface area contributed by atoms with Gasteiger partial charge in [-0.05, 0) is 33.1 Å². The maximum Gasteiger partial charge on any atom is 0.305 e. The predicted octanol–water partition coefficient (Wildman–Crippen LogP) is 3.71. The van der Waals surface area contributed by atoms with Gasteiger partial charge in [-0.1, -0.05) is 26.2 Å². The molecular weight excluding hydrogens is 216 g/mol. The van der Waals surface area contributed by atoms with Gasteiger partial charge in [-0.15, -0.1) is 0 Å². The third kappa shape index (κ3) is 11.7. The first-order chi connectivity index (χ1) is 8.20. The van der Waals surface area contributed by atoms with Gasteiger partial charge in [0.1, 0.15) is 0 Å². The van der Waals surface area contributed by atoms with Crippen LogP contribution in [0.3, 0.4) is 0 Å². The van der Waals surface area contributed by atoms with Crippen LogP contribution in [0, 0.1) is 0 Å². The zero-order chi connectivity index (χ0) is 12.9. The van der Waals surface area contributed by atoms with E-state index in [1.807, 2.05) is 6.92 Å². The lowest BCUT2D eigenvalue weighted by atomic mass is 10.1. The Morgan fingerprint density at radius 2 is 1.71 bits per heavy atom. The van der Waals surface area contributed by atoms with Crippen LogP contribution in [0.25, 0.3) is 0 Å². The van der Waals surface area contributed by atoms with Crippen molar-refractivity contribution in [3.63, 3.8) is 0 Å². The van der Waals surface area contributed by atoms with Gasteiger partial charge in [0.2, 0.25) is 0 Å². The van der Waals surface area contributed by atoms with Crippen LogP contribution in [-0.2, 0) is 14.3 Å².